The van der Waals surface area contributed by atoms with Gasteiger partial charge in [0.05, 0.1) is 18.1 Å². The number of nitro groups is 1. The topological polar surface area (TPSA) is 115 Å². The SMILES string of the molecule is CCON1CCN(c2nc(N)ccc2[N+](=O)[O-])C(=C=O)C1. The molecule has 0 spiro atoms. The first-order valence-electron chi connectivity index (χ1n) is 6.37. The van der Waals surface area contributed by atoms with Crippen LogP contribution in [0, 0.1) is 10.1 Å². The Labute approximate surface area is 120 Å². The monoisotopic (exact) mass is 293 g/mol. The summed E-state index contributed by atoms with van der Waals surface area (Å²) in [7, 11) is 0. The molecule has 2 rings (SSSR count). The highest BCUT2D eigenvalue weighted by Crippen LogP contribution is 2.30. The third-order valence-corrected chi connectivity index (χ3v) is 2.98. The first kappa shape index (κ1) is 14.9. The minimum Gasteiger partial charge on any atom is -0.384 e. The number of hydrogen-bond donors (Lipinski definition) is 1. The van der Waals surface area contributed by atoms with Gasteiger partial charge in [0, 0.05) is 19.2 Å². The van der Waals surface area contributed by atoms with Crippen LogP contribution in [0.15, 0.2) is 17.8 Å². The number of nitrogens with two attached hydrogens (primary N) is 1. The van der Waals surface area contributed by atoms with E-state index in [1.165, 1.54) is 17.0 Å². The lowest BCUT2D eigenvalue weighted by molar-refractivity contribution is -0.384. The highest BCUT2D eigenvalue weighted by molar-refractivity contribution is 5.70. The highest BCUT2D eigenvalue weighted by Gasteiger charge is 2.30. The van der Waals surface area contributed by atoms with E-state index in [0.717, 1.165) is 0 Å². The molecule has 1 aliphatic heterocycles. The molecule has 1 aromatic rings. The van der Waals surface area contributed by atoms with E-state index in [9.17, 15) is 14.9 Å². The predicted octanol–water partition coefficient (Wildman–Crippen LogP) is 0.361. The van der Waals surface area contributed by atoms with Crippen LogP contribution in [0.5, 0.6) is 0 Å². The second-order valence-electron chi connectivity index (χ2n) is 4.32. The van der Waals surface area contributed by atoms with Crippen LogP contribution in [0.25, 0.3) is 0 Å². The van der Waals surface area contributed by atoms with Crippen LogP contribution in [0.1, 0.15) is 6.92 Å². The Morgan fingerprint density at radius 2 is 2.29 bits per heavy atom. The average molecular weight is 293 g/mol. The number of carbonyl (C=O) groups excluding carboxylic acids is 1. The third-order valence-electron chi connectivity index (χ3n) is 2.98. The van der Waals surface area contributed by atoms with Crippen molar-refractivity contribution in [2.75, 3.05) is 36.9 Å². The molecular formula is C12H15N5O4. The van der Waals surface area contributed by atoms with Gasteiger partial charge in [-0.3, -0.25) is 15.0 Å². The number of aromatic nitrogens is 1. The Hall–Kier alpha value is -2.48. The predicted molar refractivity (Wildman–Crippen MR) is 75.1 cm³/mol. The Morgan fingerprint density at radius 3 is 2.90 bits per heavy atom. The molecule has 1 fully saturated rings. The van der Waals surface area contributed by atoms with E-state index in [1.807, 2.05) is 6.92 Å². The molecule has 0 atom stereocenters. The lowest BCUT2D eigenvalue weighted by Crippen LogP contribution is -2.45. The van der Waals surface area contributed by atoms with E-state index >= 15 is 0 Å². The minimum atomic E-state index is -0.556. The molecular weight excluding hydrogens is 278 g/mol. The van der Waals surface area contributed by atoms with Gasteiger partial charge in [-0.15, -0.1) is 0 Å². The van der Waals surface area contributed by atoms with Crippen LogP contribution in [-0.4, -0.2) is 47.2 Å². The van der Waals surface area contributed by atoms with Gasteiger partial charge in [-0.2, -0.15) is 5.06 Å². The van der Waals surface area contributed by atoms with Crippen molar-refractivity contribution in [3.05, 3.63) is 27.9 Å². The number of nitrogens with zero attached hydrogens (tertiary/aromatic N) is 4. The first-order chi connectivity index (χ1) is 10.1. The smallest absolute Gasteiger partial charge is 0.312 e. The van der Waals surface area contributed by atoms with Crippen molar-refractivity contribution < 1.29 is 14.6 Å². The van der Waals surface area contributed by atoms with E-state index in [4.69, 9.17) is 10.6 Å². The highest BCUT2D eigenvalue weighted by atomic mass is 16.7. The molecule has 2 N–H and O–H groups in total. The summed E-state index contributed by atoms with van der Waals surface area (Å²) in [5.41, 5.74) is 5.60. The largest absolute Gasteiger partial charge is 0.384 e. The molecule has 9 heteroatoms. The summed E-state index contributed by atoms with van der Waals surface area (Å²) >= 11 is 0. The molecule has 0 unspecified atom stereocenters. The Morgan fingerprint density at radius 1 is 1.52 bits per heavy atom. The first-order valence-corrected chi connectivity index (χ1v) is 6.37. The van der Waals surface area contributed by atoms with E-state index in [0.29, 0.717) is 19.7 Å². The summed E-state index contributed by atoms with van der Waals surface area (Å²) in [5.74, 6) is 1.99. The standard InChI is InChI=1S/C12H15N5O4/c1-2-21-15-5-6-16(9(7-15)8-18)12-10(17(19)20)3-4-11(13)14-12/h3-4H,2,5-7H2,1H3,(H2,13,14). The summed E-state index contributed by atoms with van der Waals surface area (Å²) in [6.07, 6.45) is 0. The molecule has 2 heterocycles. The van der Waals surface area contributed by atoms with Gasteiger partial charge in [-0.25, -0.2) is 9.78 Å². The number of hydroxylamine groups is 2. The van der Waals surface area contributed by atoms with Gasteiger partial charge in [-0.05, 0) is 13.0 Å². The van der Waals surface area contributed by atoms with Gasteiger partial charge in [-0.1, -0.05) is 0 Å². The van der Waals surface area contributed by atoms with Gasteiger partial charge in [0.25, 0.3) is 0 Å². The quantitative estimate of drug-likeness (QED) is 0.480. The Balaban J connectivity index is 2.36. The van der Waals surface area contributed by atoms with E-state index in [-0.39, 0.29) is 29.6 Å². The van der Waals surface area contributed by atoms with Crippen LogP contribution < -0.4 is 10.6 Å². The van der Waals surface area contributed by atoms with Crippen LogP contribution in [0.4, 0.5) is 17.3 Å². The molecule has 0 amide bonds. The number of nitrogen functional groups attached to an aromatic ring is 1. The van der Waals surface area contributed by atoms with Gasteiger partial charge in [0.2, 0.25) is 5.82 Å². The summed E-state index contributed by atoms with van der Waals surface area (Å²) < 4.78 is 0. The molecule has 1 aliphatic rings. The number of pyridine rings is 1. The van der Waals surface area contributed by atoms with Gasteiger partial charge in [0.15, 0.2) is 0 Å². The van der Waals surface area contributed by atoms with Crippen molar-refractivity contribution in [1.82, 2.24) is 10.0 Å². The molecule has 1 aromatic heterocycles. The van der Waals surface area contributed by atoms with Crippen molar-refractivity contribution in [2.45, 2.75) is 6.92 Å². The zero-order valence-corrected chi connectivity index (χ0v) is 11.5. The van der Waals surface area contributed by atoms with Crippen molar-refractivity contribution >= 4 is 23.3 Å². The van der Waals surface area contributed by atoms with Crippen LogP contribution in [0.2, 0.25) is 0 Å². The van der Waals surface area contributed by atoms with Crippen molar-refractivity contribution in [1.29, 1.82) is 0 Å². The Kier molecular flexibility index (Phi) is 4.49. The van der Waals surface area contributed by atoms with E-state index in [1.54, 1.807) is 11.0 Å². The lowest BCUT2D eigenvalue weighted by atomic mass is 10.2. The summed E-state index contributed by atoms with van der Waals surface area (Å²) in [6, 6.07) is 2.62. The molecule has 0 bridgehead atoms. The molecule has 21 heavy (non-hydrogen) atoms. The number of piperazine rings is 1. The molecule has 0 aromatic carbocycles. The van der Waals surface area contributed by atoms with Crippen LogP contribution in [-0.2, 0) is 9.63 Å². The van der Waals surface area contributed by atoms with Crippen molar-refractivity contribution in [2.24, 2.45) is 0 Å². The molecule has 1 saturated heterocycles. The molecule has 112 valence electrons. The molecule has 9 nitrogen and oxygen atoms in total. The average Bonchev–Trinajstić information content (AvgIpc) is 2.47. The number of rotatable bonds is 4. The maximum Gasteiger partial charge on any atom is 0.312 e. The van der Waals surface area contributed by atoms with Gasteiger partial charge < -0.3 is 10.6 Å². The zero-order chi connectivity index (χ0) is 15.4. The number of hydrogen-bond acceptors (Lipinski definition) is 8. The fraction of sp³-hybridized carbons (Fsp3) is 0.417. The molecule has 0 radical (unpaired) electrons. The molecule has 0 aliphatic carbocycles. The fourth-order valence-electron chi connectivity index (χ4n) is 2.09. The van der Waals surface area contributed by atoms with E-state index < -0.39 is 4.92 Å². The third kappa shape index (κ3) is 3.16. The van der Waals surface area contributed by atoms with E-state index in [2.05, 4.69) is 4.98 Å². The van der Waals surface area contributed by atoms with Crippen LogP contribution >= 0.6 is 0 Å². The second kappa shape index (κ2) is 6.31. The van der Waals surface area contributed by atoms with Gasteiger partial charge >= 0.3 is 5.69 Å². The summed E-state index contributed by atoms with van der Waals surface area (Å²) in [5, 5.41) is 12.7. The van der Waals surface area contributed by atoms with Crippen molar-refractivity contribution in [3.8, 4) is 0 Å². The summed E-state index contributed by atoms with van der Waals surface area (Å²) in [4.78, 5) is 32.5. The van der Waals surface area contributed by atoms with Gasteiger partial charge in [0.1, 0.15) is 17.5 Å². The Bertz CT molecular complexity index is 599. The van der Waals surface area contributed by atoms with Crippen LogP contribution in [0.3, 0.4) is 0 Å². The summed E-state index contributed by atoms with van der Waals surface area (Å²) in [6.45, 7) is 3.29. The number of anilines is 2. The maximum absolute atomic E-state index is 11.1. The normalized spacial score (nSPS) is 15.9. The maximum atomic E-state index is 11.1. The minimum absolute atomic E-state index is 0.0505. The molecule has 0 saturated carbocycles. The lowest BCUT2D eigenvalue weighted by Gasteiger charge is -2.34. The fourth-order valence-corrected chi connectivity index (χ4v) is 2.09. The zero-order valence-electron chi connectivity index (χ0n) is 11.5. The second-order valence-corrected chi connectivity index (χ2v) is 4.32. The van der Waals surface area contributed by atoms with Crippen molar-refractivity contribution in [3.63, 3.8) is 0 Å².